The lowest BCUT2D eigenvalue weighted by molar-refractivity contribution is -0.0127. The van der Waals surface area contributed by atoms with Crippen molar-refractivity contribution in [2.45, 2.75) is 51.9 Å². The molecule has 0 radical (unpaired) electrons. The number of carbonyl (C=O) groups excluding carboxylic acids is 1. The molecule has 1 atom stereocenters. The van der Waals surface area contributed by atoms with E-state index in [1.54, 1.807) is 0 Å². The summed E-state index contributed by atoms with van der Waals surface area (Å²) >= 11 is 0. The number of ether oxygens (including phenoxy) is 1. The van der Waals surface area contributed by atoms with Gasteiger partial charge in [0.25, 0.3) is 5.91 Å². The first-order valence-electron chi connectivity index (χ1n) is 8.78. The van der Waals surface area contributed by atoms with Gasteiger partial charge in [0.2, 0.25) is 0 Å². The van der Waals surface area contributed by atoms with Crippen LogP contribution >= 0.6 is 0 Å². The van der Waals surface area contributed by atoms with E-state index in [4.69, 9.17) is 14.0 Å². The van der Waals surface area contributed by atoms with Gasteiger partial charge in [0.1, 0.15) is 17.2 Å². The molecule has 1 amide bonds. The summed E-state index contributed by atoms with van der Waals surface area (Å²) in [6.45, 7) is 10.1. The molecular weight excluding hydrogens is 343 g/mol. The van der Waals surface area contributed by atoms with Crippen LogP contribution in [0.3, 0.4) is 0 Å². The Labute approximate surface area is 152 Å². The molecule has 0 N–H and O–H groups in total. The lowest BCUT2D eigenvalue weighted by atomic mass is 9.77. The van der Waals surface area contributed by atoms with E-state index in [0.29, 0.717) is 19.7 Å². The van der Waals surface area contributed by atoms with Gasteiger partial charge in [-0.1, -0.05) is 6.07 Å². The van der Waals surface area contributed by atoms with Crippen LogP contribution in [0.5, 0.6) is 0 Å². The molecule has 2 saturated heterocycles. The fourth-order valence-corrected chi connectivity index (χ4v) is 3.08. The largest absolute Gasteiger partial charge is 0.497 e. The first-order valence-corrected chi connectivity index (χ1v) is 8.78. The second kappa shape index (κ2) is 6.58. The molecule has 142 valence electrons. The number of hydrogen-bond acceptors (Lipinski definition) is 4. The van der Waals surface area contributed by atoms with Crippen molar-refractivity contribution in [1.82, 2.24) is 4.90 Å². The zero-order valence-corrected chi connectivity index (χ0v) is 15.8. The average Bonchev–Trinajstić information content (AvgIpc) is 2.75. The molecule has 8 heteroatoms. The number of amides is 1. The molecule has 5 nitrogen and oxygen atoms in total. The molecule has 2 aliphatic rings. The summed E-state index contributed by atoms with van der Waals surface area (Å²) in [6.07, 6.45) is -0.176. The van der Waals surface area contributed by atoms with E-state index in [0.717, 1.165) is 6.07 Å². The maximum atomic E-state index is 15.1. The third-order valence-corrected chi connectivity index (χ3v) is 5.37. The van der Waals surface area contributed by atoms with Crippen LogP contribution in [0.2, 0.25) is 0 Å². The van der Waals surface area contributed by atoms with E-state index in [1.807, 2.05) is 34.6 Å². The minimum absolute atomic E-state index is 0.0229. The van der Waals surface area contributed by atoms with Crippen molar-refractivity contribution in [3.8, 4) is 0 Å². The van der Waals surface area contributed by atoms with Crippen LogP contribution in [0.15, 0.2) is 12.1 Å². The van der Waals surface area contributed by atoms with Gasteiger partial charge < -0.3 is 18.9 Å². The van der Waals surface area contributed by atoms with Gasteiger partial charge in [-0.05, 0) is 40.7 Å². The Morgan fingerprint density at radius 1 is 1.19 bits per heavy atom. The van der Waals surface area contributed by atoms with Crippen molar-refractivity contribution < 1.29 is 27.6 Å². The van der Waals surface area contributed by atoms with Crippen LogP contribution in [0.25, 0.3) is 0 Å². The van der Waals surface area contributed by atoms with Gasteiger partial charge in [-0.2, -0.15) is 0 Å². The van der Waals surface area contributed by atoms with Crippen LogP contribution in [0.4, 0.5) is 8.78 Å². The monoisotopic (exact) mass is 367 g/mol. The summed E-state index contributed by atoms with van der Waals surface area (Å²) < 4.78 is 46.5. The maximum absolute atomic E-state index is 15.1. The molecule has 26 heavy (non-hydrogen) atoms. The van der Waals surface area contributed by atoms with Crippen LogP contribution in [0.1, 0.15) is 45.0 Å². The second-order valence-corrected chi connectivity index (χ2v) is 7.85. The molecule has 0 saturated carbocycles. The summed E-state index contributed by atoms with van der Waals surface area (Å²) in [7, 11) is -1.00. The molecule has 2 fully saturated rings. The number of hydrogen-bond donors (Lipinski definition) is 0. The van der Waals surface area contributed by atoms with Gasteiger partial charge in [-0.3, -0.25) is 4.79 Å². The SMILES string of the molecule is CC1CN(C(=O)c2c(F)ccc(B3OC(C)(C)C(C)(C)O3)c2F)CCO1. The number of morpholine rings is 1. The van der Waals surface area contributed by atoms with E-state index < -0.39 is 41.4 Å². The fraction of sp³-hybridized carbons (Fsp3) is 0.611. The Morgan fingerprint density at radius 2 is 1.81 bits per heavy atom. The van der Waals surface area contributed by atoms with Crippen LogP contribution in [-0.4, -0.2) is 54.9 Å². The van der Waals surface area contributed by atoms with Gasteiger partial charge in [-0.25, -0.2) is 8.78 Å². The second-order valence-electron chi connectivity index (χ2n) is 7.85. The van der Waals surface area contributed by atoms with Gasteiger partial charge in [0, 0.05) is 18.6 Å². The number of carbonyl (C=O) groups is 1. The minimum Gasteiger partial charge on any atom is -0.399 e. The Balaban J connectivity index is 1.94. The third kappa shape index (κ3) is 3.26. The number of rotatable bonds is 2. The molecule has 1 aromatic rings. The predicted octanol–water partition coefficient (Wildman–Crippen LogP) is 2.12. The molecule has 0 bridgehead atoms. The highest BCUT2D eigenvalue weighted by Crippen LogP contribution is 2.36. The van der Waals surface area contributed by atoms with Crippen LogP contribution < -0.4 is 5.46 Å². The summed E-state index contributed by atoms with van der Waals surface area (Å²) in [5.74, 6) is -2.52. The normalized spacial score (nSPS) is 24.8. The Morgan fingerprint density at radius 3 is 2.38 bits per heavy atom. The molecule has 1 unspecified atom stereocenters. The predicted molar refractivity (Wildman–Crippen MR) is 93.4 cm³/mol. The van der Waals surface area contributed by atoms with E-state index in [2.05, 4.69) is 0 Å². The minimum atomic E-state index is -1.00. The Hall–Kier alpha value is -1.51. The average molecular weight is 367 g/mol. The third-order valence-electron chi connectivity index (χ3n) is 5.37. The fourth-order valence-electron chi connectivity index (χ4n) is 3.08. The Kier molecular flexibility index (Phi) is 4.88. The number of nitrogens with zero attached hydrogens (tertiary/aromatic N) is 1. The van der Waals surface area contributed by atoms with Gasteiger partial charge in [0.05, 0.1) is 23.9 Å². The van der Waals surface area contributed by atoms with Crippen molar-refractivity contribution in [2.75, 3.05) is 19.7 Å². The van der Waals surface area contributed by atoms with Gasteiger partial charge in [0.15, 0.2) is 0 Å². The summed E-state index contributed by atoms with van der Waals surface area (Å²) in [5.41, 5.74) is -1.88. The maximum Gasteiger partial charge on any atom is 0.497 e. The standard InChI is InChI=1S/C18H24BF2NO4/c1-11-10-22(8-9-24-11)16(23)14-13(20)7-6-12(15(14)21)19-25-17(2,3)18(4,5)26-19/h6-7,11H,8-10H2,1-5H3. The molecule has 3 rings (SSSR count). The molecule has 0 aliphatic carbocycles. The number of benzene rings is 1. The van der Waals surface area contributed by atoms with Crippen LogP contribution in [0, 0.1) is 11.6 Å². The summed E-state index contributed by atoms with van der Waals surface area (Å²) in [4.78, 5) is 14.1. The molecule has 2 aliphatic heterocycles. The van der Waals surface area contributed by atoms with E-state index in [9.17, 15) is 9.18 Å². The highest BCUT2D eigenvalue weighted by molar-refractivity contribution is 6.62. The molecule has 2 heterocycles. The van der Waals surface area contributed by atoms with Crippen molar-refractivity contribution in [2.24, 2.45) is 0 Å². The zero-order valence-electron chi connectivity index (χ0n) is 15.8. The van der Waals surface area contributed by atoms with Crippen molar-refractivity contribution in [1.29, 1.82) is 0 Å². The van der Waals surface area contributed by atoms with E-state index in [-0.39, 0.29) is 11.6 Å². The highest BCUT2D eigenvalue weighted by atomic mass is 19.1. The molecular formula is C18H24BF2NO4. The van der Waals surface area contributed by atoms with Crippen molar-refractivity contribution in [3.63, 3.8) is 0 Å². The number of halogens is 2. The van der Waals surface area contributed by atoms with Gasteiger partial charge >= 0.3 is 7.12 Å². The molecule has 1 aromatic carbocycles. The molecule has 0 spiro atoms. The quantitative estimate of drug-likeness (QED) is 0.752. The van der Waals surface area contributed by atoms with E-state index >= 15 is 4.39 Å². The topological polar surface area (TPSA) is 48.0 Å². The van der Waals surface area contributed by atoms with Crippen LogP contribution in [-0.2, 0) is 14.0 Å². The highest BCUT2D eigenvalue weighted by Gasteiger charge is 2.52. The van der Waals surface area contributed by atoms with Crippen molar-refractivity contribution in [3.05, 3.63) is 29.3 Å². The van der Waals surface area contributed by atoms with Crippen molar-refractivity contribution >= 4 is 18.5 Å². The Bertz CT molecular complexity index is 709. The lowest BCUT2D eigenvalue weighted by Gasteiger charge is -2.32. The van der Waals surface area contributed by atoms with E-state index in [1.165, 1.54) is 11.0 Å². The van der Waals surface area contributed by atoms with Gasteiger partial charge in [-0.15, -0.1) is 0 Å². The lowest BCUT2D eigenvalue weighted by Crippen LogP contribution is -2.46. The first kappa shape index (κ1) is 19.3. The first-order chi connectivity index (χ1) is 12.0. The summed E-state index contributed by atoms with van der Waals surface area (Å²) in [6, 6.07) is 2.35. The smallest absolute Gasteiger partial charge is 0.399 e. The zero-order chi connectivity index (χ0) is 19.3. The molecule has 0 aromatic heterocycles. The summed E-state index contributed by atoms with van der Waals surface area (Å²) in [5, 5.41) is 0.